The topological polar surface area (TPSA) is 69.7 Å². The molecule has 5 nitrogen and oxygen atoms in total. The van der Waals surface area contributed by atoms with Gasteiger partial charge in [0.05, 0.1) is 5.56 Å². The van der Waals surface area contributed by atoms with Crippen molar-refractivity contribution in [3.8, 4) is 5.75 Å². The van der Waals surface area contributed by atoms with Gasteiger partial charge in [0.15, 0.2) is 18.4 Å². The van der Waals surface area contributed by atoms with E-state index < -0.39 is 0 Å². The summed E-state index contributed by atoms with van der Waals surface area (Å²) in [6.45, 7) is 1.42. The van der Waals surface area contributed by atoms with Crippen LogP contribution in [0.2, 0.25) is 0 Å². The van der Waals surface area contributed by atoms with Crippen LogP contribution in [0.25, 0.3) is 0 Å². The summed E-state index contributed by atoms with van der Waals surface area (Å²) in [5.41, 5.74) is 1.57. The van der Waals surface area contributed by atoms with Crippen LogP contribution in [0.5, 0.6) is 5.75 Å². The van der Waals surface area contributed by atoms with Crippen molar-refractivity contribution < 1.29 is 23.9 Å². The van der Waals surface area contributed by atoms with E-state index in [2.05, 4.69) is 0 Å². The summed E-state index contributed by atoms with van der Waals surface area (Å²) in [6.07, 6.45) is 0.706. The number of ether oxygens (including phenoxy) is 2. The van der Waals surface area contributed by atoms with Crippen LogP contribution in [0, 0.1) is 0 Å². The lowest BCUT2D eigenvalue weighted by atomic mass is 9.98. The molecular formula is C18H16O5. The number of Topliss-reactive ketones (excluding diaryl/α,β-unsaturated/α-hetero) is 1. The van der Waals surface area contributed by atoms with Crippen molar-refractivity contribution in [2.45, 2.75) is 6.92 Å². The molecule has 0 radical (unpaired) electrons. The van der Waals surface area contributed by atoms with Gasteiger partial charge in [0.1, 0.15) is 12.0 Å². The minimum Gasteiger partial charge on any atom is -0.467 e. The molecule has 0 amide bonds. The van der Waals surface area contributed by atoms with Crippen molar-refractivity contribution in [2.75, 3.05) is 13.9 Å². The van der Waals surface area contributed by atoms with Gasteiger partial charge in [-0.2, -0.15) is 0 Å². The lowest BCUT2D eigenvalue weighted by Gasteiger charge is -2.11. The fourth-order valence-electron chi connectivity index (χ4n) is 2.04. The zero-order valence-electron chi connectivity index (χ0n) is 12.9. The molecule has 0 unspecified atom stereocenters. The third-order valence-electron chi connectivity index (χ3n) is 3.27. The normalized spacial score (nSPS) is 10.2. The Kier molecular flexibility index (Phi) is 5.38. The summed E-state index contributed by atoms with van der Waals surface area (Å²) in [4.78, 5) is 34.9. The first kappa shape index (κ1) is 16.6. The van der Waals surface area contributed by atoms with Crippen LogP contribution in [0.3, 0.4) is 0 Å². The monoisotopic (exact) mass is 312 g/mol. The molecule has 0 aliphatic carbocycles. The summed E-state index contributed by atoms with van der Waals surface area (Å²) >= 11 is 0. The Labute approximate surface area is 133 Å². The van der Waals surface area contributed by atoms with Gasteiger partial charge in [0.2, 0.25) is 0 Å². The van der Waals surface area contributed by atoms with Crippen LogP contribution in [0.15, 0.2) is 42.5 Å². The van der Waals surface area contributed by atoms with Crippen LogP contribution < -0.4 is 4.74 Å². The highest BCUT2D eigenvalue weighted by Crippen LogP contribution is 2.24. The number of carbonyl (C=O) groups excluding carboxylic acids is 3. The Hall–Kier alpha value is -2.79. The molecule has 118 valence electrons. The number of aldehydes is 1. The molecule has 2 aromatic carbocycles. The zero-order valence-corrected chi connectivity index (χ0v) is 12.9. The second-order valence-electron chi connectivity index (χ2n) is 4.89. The quantitative estimate of drug-likeness (QED) is 0.446. The molecule has 0 bridgehead atoms. The highest BCUT2D eigenvalue weighted by Gasteiger charge is 2.17. The fraction of sp³-hybridized carbons (Fsp3) is 0.167. The highest BCUT2D eigenvalue weighted by atomic mass is 16.7. The van der Waals surface area contributed by atoms with Gasteiger partial charge >= 0.3 is 0 Å². The molecular weight excluding hydrogens is 296 g/mol. The number of hydrogen-bond donors (Lipinski definition) is 0. The van der Waals surface area contributed by atoms with Crippen LogP contribution >= 0.6 is 0 Å². The SMILES string of the molecule is COCOc1ccc(C(C)=O)cc1C(=O)c1ccc(C=O)cc1. The smallest absolute Gasteiger partial charge is 0.196 e. The maximum Gasteiger partial charge on any atom is 0.196 e. The van der Waals surface area contributed by atoms with Gasteiger partial charge in [0, 0.05) is 23.8 Å². The first-order valence-corrected chi connectivity index (χ1v) is 6.93. The molecule has 0 aromatic heterocycles. The zero-order chi connectivity index (χ0) is 16.8. The van der Waals surface area contributed by atoms with E-state index in [0.717, 1.165) is 0 Å². The summed E-state index contributed by atoms with van der Waals surface area (Å²) in [6, 6.07) is 10.9. The fourth-order valence-corrected chi connectivity index (χ4v) is 2.04. The van der Waals surface area contributed by atoms with Gasteiger partial charge in [-0.3, -0.25) is 14.4 Å². The molecule has 23 heavy (non-hydrogen) atoms. The molecule has 5 heteroatoms. The van der Waals surface area contributed by atoms with E-state index >= 15 is 0 Å². The Morgan fingerprint density at radius 2 is 1.70 bits per heavy atom. The predicted molar refractivity (Wildman–Crippen MR) is 84.2 cm³/mol. The predicted octanol–water partition coefficient (Wildman–Crippen LogP) is 2.92. The summed E-state index contributed by atoms with van der Waals surface area (Å²) < 4.78 is 10.3. The van der Waals surface area contributed by atoms with Crippen molar-refractivity contribution in [2.24, 2.45) is 0 Å². The second-order valence-corrected chi connectivity index (χ2v) is 4.89. The number of methoxy groups -OCH3 is 1. The van der Waals surface area contributed by atoms with E-state index in [1.165, 1.54) is 20.1 Å². The number of benzene rings is 2. The third kappa shape index (κ3) is 3.90. The Bertz CT molecular complexity index is 732. The summed E-state index contributed by atoms with van der Waals surface area (Å²) in [7, 11) is 1.48. The Morgan fingerprint density at radius 1 is 1.04 bits per heavy atom. The van der Waals surface area contributed by atoms with E-state index in [1.54, 1.807) is 36.4 Å². The number of carbonyl (C=O) groups is 3. The van der Waals surface area contributed by atoms with Crippen LogP contribution in [0.4, 0.5) is 0 Å². The van der Waals surface area contributed by atoms with Crippen molar-refractivity contribution in [1.82, 2.24) is 0 Å². The van der Waals surface area contributed by atoms with Gasteiger partial charge in [-0.15, -0.1) is 0 Å². The van der Waals surface area contributed by atoms with Crippen LogP contribution in [-0.2, 0) is 4.74 Å². The maximum absolute atomic E-state index is 12.7. The van der Waals surface area contributed by atoms with Crippen molar-refractivity contribution in [1.29, 1.82) is 0 Å². The molecule has 0 atom stereocenters. The van der Waals surface area contributed by atoms with Gasteiger partial charge in [-0.25, -0.2) is 0 Å². The van der Waals surface area contributed by atoms with Crippen LogP contribution in [-0.4, -0.2) is 31.8 Å². The molecule has 0 aliphatic rings. The maximum atomic E-state index is 12.7. The van der Waals surface area contributed by atoms with Crippen LogP contribution in [0.1, 0.15) is 43.6 Å². The molecule has 0 saturated heterocycles. The Balaban J connectivity index is 2.43. The first-order chi connectivity index (χ1) is 11.1. The molecule has 0 heterocycles. The van der Waals surface area contributed by atoms with Crippen molar-refractivity contribution in [3.63, 3.8) is 0 Å². The molecule has 0 saturated carbocycles. The lowest BCUT2D eigenvalue weighted by molar-refractivity contribution is 0.0503. The first-order valence-electron chi connectivity index (χ1n) is 6.93. The second kappa shape index (κ2) is 7.47. The van der Waals surface area contributed by atoms with Gasteiger partial charge in [0.25, 0.3) is 0 Å². The molecule has 0 N–H and O–H groups in total. The van der Waals surface area contributed by atoms with E-state index in [1.807, 2.05) is 0 Å². The number of rotatable bonds is 7. The molecule has 0 spiro atoms. The summed E-state index contributed by atoms with van der Waals surface area (Å²) in [5, 5.41) is 0. The van der Waals surface area contributed by atoms with E-state index in [-0.39, 0.29) is 23.9 Å². The molecule has 0 aliphatic heterocycles. The van der Waals surface area contributed by atoms with Gasteiger partial charge < -0.3 is 9.47 Å². The highest BCUT2D eigenvalue weighted by molar-refractivity contribution is 6.12. The standard InChI is InChI=1S/C18H16O5/c1-12(20)15-7-8-17(23-11-22-2)16(9-15)18(21)14-5-3-13(10-19)4-6-14/h3-10H,11H2,1-2H3. The lowest BCUT2D eigenvalue weighted by Crippen LogP contribution is -2.09. The van der Waals surface area contributed by atoms with E-state index in [0.29, 0.717) is 28.7 Å². The van der Waals surface area contributed by atoms with E-state index in [4.69, 9.17) is 9.47 Å². The third-order valence-corrected chi connectivity index (χ3v) is 3.27. The molecule has 0 fully saturated rings. The van der Waals surface area contributed by atoms with Crippen molar-refractivity contribution in [3.05, 3.63) is 64.7 Å². The van der Waals surface area contributed by atoms with E-state index in [9.17, 15) is 14.4 Å². The number of hydrogen-bond acceptors (Lipinski definition) is 5. The average Bonchev–Trinajstić information content (AvgIpc) is 2.59. The average molecular weight is 312 g/mol. The summed E-state index contributed by atoms with van der Waals surface area (Å²) in [5.74, 6) is -0.105. The Morgan fingerprint density at radius 3 is 2.26 bits per heavy atom. The van der Waals surface area contributed by atoms with Gasteiger partial charge in [-0.1, -0.05) is 24.3 Å². The number of ketones is 2. The molecule has 2 aromatic rings. The largest absolute Gasteiger partial charge is 0.467 e. The van der Waals surface area contributed by atoms with Gasteiger partial charge in [-0.05, 0) is 25.1 Å². The minimum atomic E-state index is -0.295. The molecule has 2 rings (SSSR count). The van der Waals surface area contributed by atoms with Crippen molar-refractivity contribution >= 4 is 17.9 Å². The minimum absolute atomic E-state index is 0.0101.